The molecule has 1 aromatic heterocycles. The molecule has 2 saturated heterocycles. The second-order valence-corrected chi connectivity index (χ2v) is 9.46. The Balaban J connectivity index is 1.76. The van der Waals surface area contributed by atoms with Crippen LogP contribution in [0.25, 0.3) is 17.0 Å². The summed E-state index contributed by atoms with van der Waals surface area (Å²) in [6.07, 6.45) is 7.66. The number of thiocarbonyl (C=S) groups is 1. The lowest BCUT2D eigenvalue weighted by Crippen LogP contribution is -2.31. The second kappa shape index (κ2) is 8.84. The van der Waals surface area contributed by atoms with Gasteiger partial charge in [-0.1, -0.05) is 55.5 Å². The van der Waals surface area contributed by atoms with Gasteiger partial charge in [0, 0.05) is 30.6 Å². The van der Waals surface area contributed by atoms with Gasteiger partial charge in [0.25, 0.3) is 5.91 Å². The minimum absolute atomic E-state index is 0.0300. The third-order valence-corrected chi connectivity index (χ3v) is 6.98. The van der Waals surface area contributed by atoms with Gasteiger partial charge in [-0.25, -0.2) is 4.98 Å². The van der Waals surface area contributed by atoms with Crippen molar-refractivity contribution in [2.24, 2.45) is 0 Å². The standard InChI is InChI=1S/C23H27N3OS2/c1-3-4-13-26-22(27)19(29-23(26)28)15-18-14-17-10-8-9-16(2)20(17)24-21(18)25-11-6-5-7-12-25/h8-10,14-15H,3-7,11-13H2,1-2H3/b19-15-. The summed E-state index contributed by atoms with van der Waals surface area (Å²) in [5.41, 5.74) is 3.24. The zero-order valence-electron chi connectivity index (χ0n) is 17.1. The Morgan fingerprint density at radius 3 is 2.79 bits per heavy atom. The summed E-state index contributed by atoms with van der Waals surface area (Å²) < 4.78 is 0.666. The number of fused-ring (bicyclic) bond motifs is 1. The highest BCUT2D eigenvalue weighted by Crippen LogP contribution is 2.36. The van der Waals surface area contributed by atoms with E-state index in [-0.39, 0.29) is 5.91 Å². The first-order valence-electron chi connectivity index (χ1n) is 10.5. The molecule has 29 heavy (non-hydrogen) atoms. The van der Waals surface area contributed by atoms with Crippen molar-refractivity contribution >= 4 is 57.0 Å². The van der Waals surface area contributed by atoms with E-state index in [4.69, 9.17) is 17.2 Å². The van der Waals surface area contributed by atoms with Crippen LogP contribution in [0.5, 0.6) is 0 Å². The van der Waals surface area contributed by atoms with E-state index in [1.165, 1.54) is 36.6 Å². The van der Waals surface area contributed by atoms with E-state index in [0.29, 0.717) is 15.8 Å². The molecular formula is C23H27N3OS2. The molecular weight excluding hydrogens is 398 g/mol. The molecule has 4 rings (SSSR count). The summed E-state index contributed by atoms with van der Waals surface area (Å²) in [6, 6.07) is 8.44. The predicted molar refractivity (Wildman–Crippen MR) is 127 cm³/mol. The number of para-hydroxylation sites is 1. The Kier molecular flexibility index (Phi) is 6.20. The highest BCUT2D eigenvalue weighted by atomic mass is 32.2. The fourth-order valence-corrected chi connectivity index (χ4v) is 5.27. The number of aryl methyl sites for hydroxylation is 1. The van der Waals surface area contributed by atoms with Crippen molar-refractivity contribution in [3.63, 3.8) is 0 Å². The van der Waals surface area contributed by atoms with E-state index in [2.05, 4.69) is 43.0 Å². The number of anilines is 1. The number of unbranched alkanes of at least 4 members (excludes halogenated alkanes) is 1. The smallest absolute Gasteiger partial charge is 0.266 e. The van der Waals surface area contributed by atoms with Crippen LogP contribution in [-0.2, 0) is 4.79 Å². The first kappa shape index (κ1) is 20.4. The normalized spacial score (nSPS) is 19.0. The molecule has 0 radical (unpaired) electrons. The molecule has 6 heteroatoms. The number of amides is 1. The van der Waals surface area contributed by atoms with Gasteiger partial charge in [0.05, 0.1) is 10.4 Å². The number of aromatic nitrogens is 1. The number of thioether (sulfide) groups is 1. The Bertz CT molecular complexity index is 979. The maximum Gasteiger partial charge on any atom is 0.266 e. The Morgan fingerprint density at radius 1 is 1.24 bits per heavy atom. The van der Waals surface area contributed by atoms with Gasteiger partial charge < -0.3 is 4.90 Å². The number of benzene rings is 1. The molecule has 2 fully saturated rings. The SMILES string of the molecule is CCCCN1C(=O)/C(=C/c2cc3cccc(C)c3nc2N2CCCCC2)SC1=S. The fourth-order valence-electron chi connectivity index (χ4n) is 3.97. The average Bonchev–Trinajstić information content (AvgIpc) is 2.99. The van der Waals surface area contributed by atoms with Crippen LogP contribution in [0.15, 0.2) is 29.2 Å². The van der Waals surface area contributed by atoms with E-state index in [0.717, 1.165) is 48.2 Å². The van der Waals surface area contributed by atoms with Crippen molar-refractivity contribution in [3.8, 4) is 0 Å². The summed E-state index contributed by atoms with van der Waals surface area (Å²) in [4.78, 5) is 22.8. The molecule has 1 amide bonds. The first-order chi connectivity index (χ1) is 14.1. The number of carbonyl (C=O) groups is 1. The van der Waals surface area contributed by atoms with Crippen molar-refractivity contribution in [2.75, 3.05) is 24.5 Å². The van der Waals surface area contributed by atoms with Gasteiger partial charge in [-0.15, -0.1) is 0 Å². The molecule has 2 aliphatic heterocycles. The quantitative estimate of drug-likeness (QED) is 0.465. The van der Waals surface area contributed by atoms with Gasteiger partial charge in [0.1, 0.15) is 10.1 Å². The molecule has 2 aliphatic rings. The zero-order chi connectivity index (χ0) is 20.4. The van der Waals surface area contributed by atoms with E-state index >= 15 is 0 Å². The summed E-state index contributed by atoms with van der Waals surface area (Å²) in [5, 5.41) is 1.11. The molecule has 4 nitrogen and oxygen atoms in total. The molecule has 0 unspecified atom stereocenters. The number of carbonyl (C=O) groups excluding carboxylic acids is 1. The minimum Gasteiger partial charge on any atom is -0.356 e. The molecule has 0 spiro atoms. The van der Waals surface area contributed by atoms with Crippen molar-refractivity contribution in [1.29, 1.82) is 0 Å². The summed E-state index contributed by atoms with van der Waals surface area (Å²) in [7, 11) is 0. The first-order valence-corrected chi connectivity index (χ1v) is 11.7. The third-order valence-electron chi connectivity index (χ3n) is 5.61. The maximum absolute atomic E-state index is 12.9. The van der Waals surface area contributed by atoms with Gasteiger partial charge in [0.2, 0.25) is 0 Å². The lowest BCUT2D eigenvalue weighted by Gasteiger charge is -2.29. The highest BCUT2D eigenvalue weighted by molar-refractivity contribution is 8.26. The average molecular weight is 426 g/mol. The van der Waals surface area contributed by atoms with Crippen LogP contribution >= 0.6 is 24.0 Å². The summed E-state index contributed by atoms with van der Waals surface area (Å²) >= 11 is 6.89. The van der Waals surface area contributed by atoms with Crippen molar-refractivity contribution in [3.05, 3.63) is 40.3 Å². The molecule has 0 saturated carbocycles. The number of pyridine rings is 1. The fraction of sp³-hybridized carbons (Fsp3) is 0.435. The van der Waals surface area contributed by atoms with Crippen LogP contribution in [0.3, 0.4) is 0 Å². The number of hydrogen-bond donors (Lipinski definition) is 0. The molecule has 1 aromatic carbocycles. The third kappa shape index (κ3) is 4.19. The molecule has 3 heterocycles. The van der Waals surface area contributed by atoms with E-state index < -0.39 is 0 Å². The van der Waals surface area contributed by atoms with E-state index in [1.807, 2.05) is 6.08 Å². The van der Waals surface area contributed by atoms with Gasteiger partial charge in [-0.2, -0.15) is 0 Å². The molecule has 2 aromatic rings. The van der Waals surface area contributed by atoms with Crippen LogP contribution in [0, 0.1) is 6.92 Å². The number of nitrogens with zero attached hydrogens (tertiary/aromatic N) is 3. The summed E-state index contributed by atoms with van der Waals surface area (Å²) in [5.74, 6) is 1.02. The van der Waals surface area contributed by atoms with Crippen LogP contribution in [-0.4, -0.2) is 39.7 Å². The second-order valence-electron chi connectivity index (χ2n) is 7.78. The maximum atomic E-state index is 12.9. The monoisotopic (exact) mass is 425 g/mol. The molecule has 0 N–H and O–H groups in total. The van der Waals surface area contributed by atoms with Crippen LogP contribution in [0.4, 0.5) is 5.82 Å². The van der Waals surface area contributed by atoms with Gasteiger partial charge in [-0.05, 0) is 50.3 Å². The number of piperidine rings is 1. The highest BCUT2D eigenvalue weighted by Gasteiger charge is 2.32. The zero-order valence-corrected chi connectivity index (χ0v) is 18.7. The molecule has 152 valence electrons. The Hall–Kier alpha value is -1.92. The van der Waals surface area contributed by atoms with E-state index in [9.17, 15) is 4.79 Å². The van der Waals surface area contributed by atoms with Crippen molar-refractivity contribution in [2.45, 2.75) is 46.0 Å². The molecule has 0 aliphatic carbocycles. The number of hydrogen-bond acceptors (Lipinski definition) is 5. The van der Waals surface area contributed by atoms with Crippen LogP contribution in [0.2, 0.25) is 0 Å². The lowest BCUT2D eigenvalue weighted by atomic mass is 10.1. The lowest BCUT2D eigenvalue weighted by molar-refractivity contribution is -0.122. The van der Waals surface area contributed by atoms with Crippen molar-refractivity contribution < 1.29 is 4.79 Å². The molecule has 0 atom stereocenters. The summed E-state index contributed by atoms with van der Waals surface area (Å²) in [6.45, 7) is 6.97. The Labute approximate surface area is 182 Å². The van der Waals surface area contributed by atoms with Gasteiger partial charge >= 0.3 is 0 Å². The van der Waals surface area contributed by atoms with E-state index in [1.54, 1.807) is 4.90 Å². The van der Waals surface area contributed by atoms with Gasteiger partial charge in [0.15, 0.2) is 0 Å². The number of rotatable bonds is 5. The largest absolute Gasteiger partial charge is 0.356 e. The minimum atomic E-state index is 0.0300. The topological polar surface area (TPSA) is 36.4 Å². The molecule has 0 bridgehead atoms. The van der Waals surface area contributed by atoms with Crippen LogP contribution in [0.1, 0.15) is 50.2 Å². The van der Waals surface area contributed by atoms with Gasteiger partial charge in [-0.3, -0.25) is 9.69 Å². The van der Waals surface area contributed by atoms with Crippen molar-refractivity contribution in [1.82, 2.24) is 9.88 Å². The predicted octanol–water partition coefficient (Wildman–Crippen LogP) is 5.53. The van der Waals surface area contributed by atoms with Crippen LogP contribution < -0.4 is 4.90 Å². The Morgan fingerprint density at radius 2 is 2.03 bits per heavy atom.